The third-order valence-electron chi connectivity index (χ3n) is 2.74. The molecule has 0 radical (unpaired) electrons. The Kier molecular flexibility index (Phi) is 8.60. The van der Waals surface area contributed by atoms with E-state index in [1.807, 2.05) is 38.1 Å². The summed E-state index contributed by atoms with van der Waals surface area (Å²) < 4.78 is 11.7. The first-order valence-corrected chi connectivity index (χ1v) is 7.75. The Bertz CT molecular complexity index is 374. The summed E-state index contributed by atoms with van der Waals surface area (Å²) in [6, 6.07) is 7.52. The van der Waals surface area contributed by atoms with Gasteiger partial charge in [0.15, 0.2) is 0 Å². The lowest BCUT2D eigenvalue weighted by molar-refractivity contribution is -0.0292. The van der Waals surface area contributed by atoms with E-state index in [4.69, 9.17) is 14.6 Å². The highest BCUT2D eigenvalue weighted by Crippen LogP contribution is 2.22. The van der Waals surface area contributed by atoms with Crippen molar-refractivity contribution in [3.63, 3.8) is 0 Å². The molecule has 122 valence electrons. The van der Waals surface area contributed by atoms with Crippen LogP contribution in [0.3, 0.4) is 0 Å². The fourth-order valence-corrected chi connectivity index (χ4v) is 1.64. The minimum absolute atomic E-state index is 0.0586. The lowest BCUT2D eigenvalue weighted by atomic mass is 10.1. The SMILES string of the molecule is CC.CC(C)(C)OCCC(C)(C)Oc1ccc(CO)cc1. The molecule has 21 heavy (non-hydrogen) atoms. The molecule has 3 nitrogen and oxygen atoms in total. The van der Waals surface area contributed by atoms with Crippen LogP contribution in [0.25, 0.3) is 0 Å². The number of aliphatic hydroxyl groups is 1. The molecular weight excluding hydrogens is 264 g/mol. The van der Waals surface area contributed by atoms with Gasteiger partial charge in [0.25, 0.3) is 0 Å². The third-order valence-corrected chi connectivity index (χ3v) is 2.74. The molecule has 0 atom stereocenters. The van der Waals surface area contributed by atoms with Gasteiger partial charge in [-0.25, -0.2) is 0 Å². The molecule has 1 aromatic carbocycles. The molecule has 0 aromatic heterocycles. The maximum Gasteiger partial charge on any atom is 0.120 e. The zero-order chi connectivity index (χ0) is 16.5. The highest BCUT2D eigenvalue weighted by molar-refractivity contribution is 5.27. The second-order valence-corrected chi connectivity index (χ2v) is 6.37. The first-order valence-electron chi connectivity index (χ1n) is 7.75. The summed E-state index contributed by atoms with van der Waals surface area (Å²) in [4.78, 5) is 0. The first kappa shape index (κ1) is 19.9. The number of benzene rings is 1. The van der Waals surface area contributed by atoms with Crippen molar-refractivity contribution < 1.29 is 14.6 Å². The van der Waals surface area contributed by atoms with E-state index in [9.17, 15) is 0 Å². The molecule has 0 spiro atoms. The molecule has 0 heterocycles. The summed E-state index contributed by atoms with van der Waals surface area (Å²) in [6.07, 6.45) is 0.825. The third kappa shape index (κ3) is 9.48. The predicted octanol–water partition coefficient (Wildman–Crippen LogP) is 4.57. The van der Waals surface area contributed by atoms with E-state index < -0.39 is 0 Å². The molecule has 0 amide bonds. The zero-order valence-electron chi connectivity index (χ0n) is 14.7. The molecule has 0 aliphatic carbocycles. The fraction of sp³-hybridized carbons (Fsp3) is 0.667. The van der Waals surface area contributed by atoms with E-state index in [1.165, 1.54) is 0 Å². The Morgan fingerprint density at radius 1 is 0.952 bits per heavy atom. The van der Waals surface area contributed by atoms with Crippen LogP contribution in [0.2, 0.25) is 0 Å². The molecule has 1 aromatic rings. The van der Waals surface area contributed by atoms with Gasteiger partial charge in [-0.1, -0.05) is 26.0 Å². The lowest BCUT2D eigenvalue weighted by Crippen LogP contribution is -2.32. The minimum Gasteiger partial charge on any atom is -0.488 e. The highest BCUT2D eigenvalue weighted by atomic mass is 16.5. The second kappa shape index (κ2) is 9.06. The van der Waals surface area contributed by atoms with Crippen molar-refractivity contribution in [3.05, 3.63) is 29.8 Å². The largest absolute Gasteiger partial charge is 0.488 e. The van der Waals surface area contributed by atoms with Crippen LogP contribution >= 0.6 is 0 Å². The first-order chi connectivity index (χ1) is 9.72. The molecule has 1 rings (SSSR count). The predicted molar refractivity (Wildman–Crippen MR) is 88.7 cm³/mol. The van der Waals surface area contributed by atoms with Crippen LogP contribution in [0.4, 0.5) is 0 Å². The number of rotatable bonds is 6. The van der Waals surface area contributed by atoms with Crippen LogP contribution in [0.5, 0.6) is 5.75 Å². The van der Waals surface area contributed by atoms with Crippen LogP contribution in [-0.2, 0) is 11.3 Å². The van der Waals surface area contributed by atoms with Crippen molar-refractivity contribution in [2.45, 2.75) is 72.7 Å². The van der Waals surface area contributed by atoms with Crippen LogP contribution in [0, 0.1) is 0 Å². The summed E-state index contributed by atoms with van der Waals surface area (Å²) >= 11 is 0. The van der Waals surface area contributed by atoms with Crippen molar-refractivity contribution >= 4 is 0 Å². The van der Waals surface area contributed by atoms with Crippen LogP contribution in [-0.4, -0.2) is 22.9 Å². The maximum atomic E-state index is 9.00. The smallest absolute Gasteiger partial charge is 0.120 e. The summed E-state index contributed by atoms with van der Waals surface area (Å²) in [7, 11) is 0. The summed E-state index contributed by atoms with van der Waals surface area (Å²) in [6.45, 7) is 15.0. The molecular formula is C18H32O3. The van der Waals surface area contributed by atoms with Gasteiger partial charge in [0.1, 0.15) is 11.4 Å². The Balaban J connectivity index is 0.00000191. The Morgan fingerprint density at radius 2 is 1.48 bits per heavy atom. The van der Waals surface area contributed by atoms with Gasteiger partial charge in [-0.2, -0.15) is 0 Å². The fourth-order valence-electron chi connectivity index (χ4n) is 1.64. The molecule has 0 saturated heterocycles. The number of hydrogen-bond donors (Lipinski definition) is 1. The lowest BCUT2D eigenvalue weighted by Gasteiger charge is -2.28. The molecule has 0 fully saturated rings. The van der Waals surface area contributed by atoms with E-state index in [0.29, 0.717) is 6.61 Å². The average Bonchev–Trinajstić information content (AvgIpc) is 2.39. The molecule has 0 aliphatic heterocycles. The summed E-state index contributed by atoms with van der Waals surface area (Å²) in [5.74, 6) is 0.818. The van der Waals surface area contributed by atoms with Crippen molar-refractivity contribution in [1.29, 1.82) is 0 Å². The molecule has 0 bridgehead atoms. The van der Waals surface area contributed by atoms with Gasteiger partial charge in [0.2, 0.25) is 0 Å². The monoisotopic (exact) mass is 296 g/mol. The standard InChI is InChI=1S/C16H26O3.C2H6/c1-15(2,3)18-11-10-16(4,5)19-14-8-6-13(12-17)7-9-14;1-2/h6-9,17H,10-12H2,1-5H3;1-2H3. The Morgan fingerprint density at radius 3 is 1.90 bits per heavy atom. The Labute approximate surface area is 130 Å². The van der Waals surface area contributed by atoms with Gasteiger partial charge in [-0.3, -0.25) is 0 Å². The van der Waals surface area contributed by atoms with Crippen molar-refractivity contribution in [2.24, 2.45) is 0 Å². The van der Waals surface area contributed by atoms with E-state index in [0.717, 1.165) is 17.7 Å². The zero-order valence-corrected chi connectivity index (χ0v) is 14.7. The van der Waals surface area contributed by atoms with Crippen LogP contribution in [0.1, 0.15) is 60.5 Å². The van der Waals surface area contributed by atoms with Gasteiger partial charge in [-0.15, -0.1) is 0 Å². The average molecular weight is 296 g/mol. The van der Waals surface area contributed by atoms with Crippen LogP contribution < -0.4 is 4.74 Å². The van der Waals surface area contributed by atoms with Gasteiger partial charge >= 0.3 is 0 Å². The van der Waals surface area contributed by atoms with Gasteiger partial charge in [0.05, 0.1) is 18.8 Å². The van der Waals surface area contributed by atoms with Gasteiger partial charge < -0.3 is 14.6 Å². The number of ether oxygens (including phenoxy) is 2. The van der Waals surface area contributed by atoms with E-state index in [2.05, 4.69) is 34.6 Å². The number of hydrogen-bond acceptors (Lipinski definition) is 3. The maximum absolute atomic E-state index is 9.00. The molecule has 0 unspecified atom stereocenters. The second-order valence-electron chi connectivity index (χ2n) is 6.37. The van der Waals surface area contributed by atoms with E-state index in [-0.39, 0.29) is 17.8 Å². The quantitative estimate of drug-likeness (QED) is 0.836. The topological polar surface area (TPSA) is 38.7 Å². The van der Waals surface area contributed by atoms with Gasteiger partial charge in [0, 0.05) is 6.42 Å². The normalized spacial score (nSPS) is 11.6. The summed E-state index contributed by atoms with van der Waals surface area (Å²) in [5, 5.41) is 9.00. The molecule has 0 aliphatic rings. The minimum atomic E-state index is -0.272. The molecule has 0 saturated carbocycles. The van der Waals surface area contributed by atoms with Crippen molar-refractivity contribution in [3.8, 4) is 5.75 Å². The van der Waals surface area contributed by atoms with E-state index >= 15 is 0 Å². The van der Waals surface area contributed by atoms with Crippen LogP contribution in [0.15, 0.2) is 24.3 Å². The van der Waals surface area contributed by atoms with E-state index in [1.54, 1.807) is 0 Å². The van der Waals surface area contributed by atoms with Crippen molar-refractivity contribution in [2.75, 3.05) is 6.61 Å². The van der Waals surface area contributed by atoms with Crippen molar-refractivity contribution in [1.82, 2.24) is 0 Å². The highest BCUT2D eigenvalue weighted by Gasteiger charge is 2.21. The number of aliphatic hydroxyl groups excluding tert-OH is 1. The Hall–Kier alpha value is -1.06. The molecule has 1 N–H and O–H groups in total. The molecule has 3 heteroatoms. The van der Waals surface area contributed by atoms with Gasteiger partial charge in [-0.05, 0) is 52.3 Å². The summed E-state index contributed by atoms with van der Waals surface area (Å²) in [5.41, 5.74) is 0.506.